The summed E-state index contributed by atoms with van der Waals surface area (Å²) < 4.78 is 0. The maximum atomic E-state index is 6.01. The summed E-state index contributed by atoms with van der Waals surface area (Å²) in [7, 11) is 0. The number of rotatable bonds is 2. The zero-order valence-corrected chi connectivity index (χ0v) is 9.75. The van der Waals surface area contributed by atoms with Crippen molar-refractivity contribution in [1.82, 2.24) is 0 Å². The van der Waals surface area contributed by atoms with E-state index in [1.807, 2.05) is 12.1 Å². The molecule has 0 saturated carbocycles. The largest absolute Gasteiger partial charge is 0.0922 e. The van der Waals surface area contributed by atoms with Gasteiger partial charge in [-0.05, 0) is 17.5 Å². The van der Waals surface area contributed by atoms with Crippen molar-refractivity contribution in [3.8, 4) is 0 Å². The fraction of sp³-hybridized carbons (Fsp3) is 0.333. The van der Waals surface area contributed by atoms with Gasteiger partial charge in [-0.1, -0.05) is 58.2 Å². The predicted molar refractivity (Wildman–Crippen MR) is 58.7 cm³/mol. The van der Waals surface area contributed by atoms with E-state index in [0.717, 1.165) is 10.9 Å². The SMILES string of the molecule is CC(CBr)c1cccc(Cl)c1Cl. The molecule has 1 atom stereocenters. The lowest BCUT2D eigenvalue weighted by molar-refractivity contribution is 0.888. The molecule has 1 rings (SSSR count). The van der Waals surface area contributed by atoms with Gasteiger partial charge in [-0.2, -0.15) is 0 Å². The number of halogens is 3. The van der Waals surface area contributed by atoms with E-state index in [1.54, 1.807) is 6.07 Å². The molecule has 0 bridgehead atoms. The molecule has 12 heavy (non-hydrogen) atoms. The summed E-state index contributed by atoms with van der Waals surface area (Å²) >= 11 is 15.3. The fourth-order valence-corrected chi connectivity index (χ4v) is 1.83. The number of hydrogen-bond donors (Lipinski definition) is 0. The Morgan fingerprint density at radius 1 is 1.42 bits per heavy atom. The van der Waals surface area contributed by atoms with Crippen molar-refractivity contribution in [2.75, 3.05) is 5.33 Å². The molecule has 0 saturated heterocycles. The molecule has 1 unspecified atom stereocenters. The molecule has 0 aromatic heterocycles. The van der Waals surface area contributed by atoms with E-state index in [2.05, 4.69) is 22.9 Å². The lowest BCUT2D eigenvalue weighted by Gasteiger charge is -2.10. The minimum Gasteiger partial charge on any atom is -0.0922 e. The Hall–Kier alpha value is 0.280. The fourth-order valence-electron chi connectivity index (χ4n) is 0.984. The molecule has 1 aromatic rings. The van der Waals surface area contributed by atoms with Crippen LogP contribution in [0.2, 0.25) is 10.0 Å². The summed E-state index contributed by atoms with van der Waals surface area (Å²) in [6, 6.07) is 5.72. The van der Waals surface area contributed by atoms with Crippen molar-refractivity contribution in [3.63, 3.8) is 0 Å². The molecule has 66 valence electrons. The van der Waals surface area contributed by atoms with Crippen LogP contribution in [-0.2, 0) is 0 Å². The maximum Gasteiger partial charge on any atom is 0.0627 e. The Kier molecular flexibility index (Phi) is 3.88. The van der Waals surface area contributed by atoms with E-state index >= 15 is 0 Å². The van der Waals surface area contributed by atoms with Gasteiger partial charge in [0.05, 0.1) is 10.0 Å². The molecule has 0 aliphatic carbocycles. The lowest BCUT2D eigenvalue weighted by atomic mass is 10.0. The first kappa shape index (κ1) is 10.4. The molecule has 0 amide bonds. The van der Waals surface area contributed by atoms with Gasteiger partial charge in [0, 0.05) is 5.33 Å². The summed E-state index contributed by atoms with van der Waals surface area (Å²) in [5, 5.41) is 2.20. The first-order valence-electron chi connectivity index (χ1n) is 3.66. The molecular weight excluding hydrogens is 259 g/mol. The molecule has 0 aliphatic heterocycles. The van der Waals surface area contributed by atoms with Crippen LogP contribution < -0.4 is 0 Å². The van der Waals surface area contributed by atoms with E-state index in [1.165, 1.54) is 0 Å². The van der Waals surface area contributed by atoms with Crippen LogP contribution >= 0.6 is 39.1 Å². The minimum absolute atomic E-state index is 0.399. The van der Waals surface area contributed by atoms with Gasteiger partial charge < -0.3 is 0 Å². The zero-order chi connectivity index (χ0) is 9.14. The van der Waals surface area contributed by atoms with Crippen LogP contribution in [0.4, 0.5) is 0 Å². The van der Waals surface area contributed by atoms with Crippen LogP contribution in [0.5, 0.6) is 0 Å². The highest BCUT2D eigenvalue weighted by molar-refractivity contribution is 9.09. The van der Waals surface area contributed by atoms with Crippen molar-refractivity contribution >= 4 is 39.1 Å². The molecule has 0 heterocycles. The lowest BCUT2D eigenvalue weighted by Crippen LogP contribution is -1.95. The van der Waals surface area contributed by atoms with Crippen molar-refractivity contribution in [2.24, 2.45) is 0 Å². The van der Waals surface area contributed by atoms with Crippen LogP contribution in [0.1, 0.15) is 18.4 Å². The number of alkyl halides is 1. The summed E-state index contributed by atoms with van der Waals surface area (Å²) in [5.41, 5.74) is 1.10. The molecule has 0 spiro atoms. The first-order valence-corrected chi connectivity index (χ1v) is 5.54. The van der Waals surface area contributed by atoms with E-state index < -0.39 is 0 Å². The maximum absolute atomic E-state index is 6.01. The van der Waals surface area contributed by atoms with Gasteiger partial charge in [0.2, 0.25) is 0 Å². The first-order chi connectivity index (χ1) is 5.66. The Morgan fingerprint density at radius 3 is 2.67 bits per heavy atom. The summed E-state index contributed by atoms with van der Waals surface area (Å²) in [5.74, 6) is 0.399. The van der Waals surface area contributed by atoms with Gasteiger partial charge in [-0.25, -0.2) is 0 Å². The van der Waals surface area contributed by atoms with Crippen molar-refractivity contribution < 1.29 is 0 Å². The van der Waals surface area contributed by atoms with Gasteiger partial charge >= 0.3 is 0 Å². The zero-order valence-electron chi connectivity index (χ0n) is 6.65. The molecule has 0 radical (unpaired) electrons. The molecule has 0 aliphatic rings. The molecule has 3 heteroatoms. The van der Waals surface area contributed by atoms with Crippen molar-refractivity contribution in [3.05, 3.63) is 33.8 Å². The van der Waals surface area contributed by atoms with Crippen LogP contribution in [-0.4, -0.2) is 5.33 Å². The Bertz CT molecular complexity index is 273. The normalized spacial score (nSPS) is 13.0. The Labute approximate surface area is 91.0 Å². The van der Waals surface area contributed by atoms with Gasteiger partial charge in [0.15, 0.2) is 0 Å². The topological polar surface area (TPSA) is 0 Å². The third-order valence-corrected chi connectivity index (χ3v) is 3.55. The quantitative estimate of drug-likeness (QED) is 0.693. The average molecular weight is 268 g/mol. The third kappa shape index (κ3) is 2.15. The molecular formula is C9H9BrCl2. The molecule has 0 nitrogen and oxygen atoms in total. The smallest absolute Gasteiger partial charge is 0.0627 e. The van der Waals surface area contributed by atoms with Gasteiger partial charge in [-0.3, -0.25) is 0 Å². The Morgan fingerprint density at radius 2 is 2.08 bits per heavy atom. The van der Waals surface area contributed by atoms with Crippen LogP contribution in [0.3, 0.4) is 0 Å². The molecule has 1 aromatic carbocycles. The average Bonchev–Trinajstić information content (AvgIpc) is 2.08. The van der Waals surface area contributed by atoms with E-state index in [9.17, 15) is 0 Å². The van der Waals surface area contributed by atoms with E-state index in [0.29, 0.717) is 16.0 Å². The summed E-state index contributed by atoms with van der Waals surface area (Å²) in [4.78, 5) is 0. The second-order valence-corrected chi connectivity index (χ2v) is 4.13. The molecule has 0 fully saturated rings. The highest BCUT2D eigenvalue weighted by Crippen LogP contribution is 2.31. The summed E-state index contributed by atoms with van der Waals surface area (Å²) in [6.45, 7) is 2.10. The number of hydrogen-bond acceptors (Lipinski definition) is 0. The summed E-state index contributed by atoms with van der Waals surface area (Å²) in [6.07, 6.45) is 0. The van der Waals surface area contributed by atoms with Gasteiger partial charge in [-0.15, -0.1) is 0 Å². The van der Waals surface area contributed by atoms with Crippen molar-refractivity contribution in [1.29, 1.82) is 0 Å². The van der Waals surface area contributed by atoms with Crippen molar-refractivity contribution in [2.45, 2.75) is 12.8 Å². The second kappa shape index (κ2) is 4.50. The predicted octanol–water partition coefficient (Wildman–Crippen LogP) is 4.49. The third-order valence-electron chi connectivity index (χ3n) is 1.74. The molecule has 0 N–H and O–H groups in total. The highest BCUT2D eigenvalue weighted by Gasteiger charge is 2.09. The van der Waals surface area contributed by atoms with Crippen LogP contribution in [0, 0.1) is 0 Å². The monoisotopic (exact) mass is 266 g/mol. The van der Waals surface area contributed by atoms with Crippen LogP contribution in [0.25, 0.3) is 0 Å². The Balaban J connectivity index is 3.07. The van der Waals surface area contributed by atoms with Crippen LogP contribution in [0.15, 0.2) is 18.2 Å². The van der Waals surface area contributed by atoms with E-state index in [-0.39, 0.29) is 0 Å². The highest BCUT2D eigenvalue weighted by atomic mass is 79.9. The van der Waals surface area contributed by atoms with Gasteiger partial charge in [0.25, 0.3) is 0 Å². The second-order valence-electron chi connectivity index (χ2n) is 2.70. The van der Waals surface area contributed by atoms with E-state index in [4.69, 9.17) is 23.2 Å². The standard InChI is InChI=1S/C9H9BrCl2/c1-6(5-10)7-3-2-4-8(11)9(7)12/h2-4,6H,5H2,1H3. The number of benzene rings is 1. The minimum atomic E-state index is 0.399. The van der Waals surface area contributed by atoms with Gasteiger partial charge in [0.1, 0.15) is 0 Å².